The average Bonchev–Trinajstić information content (AvgIpc) is 3.42. The molecule has 4 aromatic rings. The second-order valence-corrected chi connectivity index (χ2v) is 11.4. The van der Waals surface area contributed by atoms with Gasteiger partial charge in [0.15, 0.2) is 5.82 Å². The van der Waals surface area contributed by atoms with E-state index in [2.05, 4.69) is 59.0 Å². The molecular formula is C28H31IN3O4P. The third-order valence-electron chi connectivity index (χ3n) is 5.90. The Kier molecular flexibility index (Phi) is 9.67. The molecule has 0 spiro atoms. The molecule has 1 heterocycles. The zero-order valence-electron chi connectivity index (χ0n) is 20.9. The lowest BCUT2D eigenvalue weighted by molar-refractivity contribution is 0.120. The van der Waals surface area contributed by atoms with E-state index < -0.39 is 13.4 Å². The summed E-state index contributed by atoms with van der Waals surface area (Å²) in [6, 6.07) is 31.0. The summed E-state index contributed by atoms with van der Waals surface area (Å²) in [6.07, 6.45) is 2.34. The maximum absolute atomic E-state index is 12.6. The Morgan fingerprint density at radius 1 is 0.811 bits per heavy atom. The van der Waals surface area contributed by atoms with E-state index in [4.69, 9.17) is 23.7 Å². The second-order valence-electron chi connectivity index (χ2n) is 8.23. The van der Waals surface area contributed by atoms with Gasteiger partial charge in [0, 0.05) is 0 Å². The Morgan fingerprint density at radius 2 is 1.27 bits per heavy atom. The molecule has 0 bridgehead atoms. The number of hydrogen-bond donors (Lipinski definition) is 0. The van der Waals surface area contributed by atoms with E-state index >= 15 is 0 Å². The van der Waals surface area contributed by atoms with Crippen molar-refractivity contribution in [2.24, 2.45) is 0 Å². The fourth-order valence-corrected chi connectivity index (χ4v) is 6.07. The van der Waals surface area contributed by atoms with E-state index in [1.165, 1.54) is 0 Å². The van der Waals surface area contributed by atoms with E-state index in [0.717, 1.165) is 16.7 Å². The molecule has 4 rings (SSSR count). The third kappa shape index (κ3) is 6.21. The molecule has 0 fully saturated rings. The highest BCUT2D eigenvalue weighted by Crippen LogP contribution is 2.49. The zero-order valence-corrected chi connectivity index (χ0v) is 24.0. The molecule has 1 aromatic heterocycles. The van der Waals surface area contributed by atoms with Gasteiger partial charge in [0.2, 0.25) is 0 Å². The van der Waals surface area contributed by atoms with Crippen molar-refractivity contribution in [1.29, 1.82) is 0 Å². The van der Waals surface area contributed by atoms with Gasteiger partial charge in [-0.05, 0) is 37.0 Å². The third-order valence-corrected chi connectivity index (χ3v) is 8.73. The highest BCUT2D eigenvalue weighted by Gasteiger charge is 2.40. The van der Waals surface area contributed by atoms with Crippen LogP contribution in [-0.4, -0.2) is 34.6 Å². The van der Waals surface area contributed by atoms with Crippen LogP contribution in [0.15, 0.2) is 97.3 Å². The van der Waals surface area contributed by atoms with Crippen molar-refractivity contribution >= 4 is 30.4 Å². The quantitative estimate of drug-likeness (QED) is 0.0674. The predicted octanol–water partition coefficient (Wildman–Crippen LogP) is 7.18. The number of alkyl halides is 1. The molecule has 0 saturated carbocycles. The minimum atomic E-state index is -3.56. The molecule has 1 atom stereocenters. The van der Waals surface area contributed by atoms with Crippen LogP contribution in [0.25, 0.3) is 0 Å². The van der Waals surface area contributed by atoms with Crippen LogP contribution in [0.5, 0.6) is 0 Å². The molecule has 0 N–H and O–H groups in total. The van der Waals surface area contributed by atoms with Crippen LogP contribution in [-0.2, 0) is 23.7 Å². The van der Waals surface area contributed by atoms with Gasteiger partial charge in [0.1, 0.15) is 11.9 Å². The SMILES string of the molecule is CCOP(=O)(OCC)OCCC(I)c1ncn(C(c2ccccc2)(c2ccccc2)c2ccccc2)n1. The lowest BCUT2D eigenvalue weighted by Crippen LogP contribution is -2.38. The molecule has 0 aliphatic rings. The minimum absolute atomic E-state index is 0.0735. The number of nitrogens with zero attached hydrogens (tertiary/aromatic N) is 3. The summed E-state index contributed by atoms with van der Waals surface area (Å²) in [7, 11) is -3.56. The van der Waals surface area contributed by atoms with Crippen molar-refractivity contribution in [2.75, 3.05) is 19.8 Å². The maximum atomic E-state index is 12.6. The number of phosphoric acid groups is 1. The van der Waals surface area contributed by atoms with Crippen LogP contribution < -0.4 is 0 Å². The molecule has 0 aliphatic carbocycles. The van der Waals surface area contributed by atoms with E-state index in [9.17, 15) is 4.57 Å². The van der Waals surface area contributed by atoms with Gasteiger partial charge in [-0.25, -0.2) is 14.2 Å². The Morgan fingerprint density at radius 3 is 1.70 bits per heavy atom. The van der Waals surface area contributed by atoms with Gasteiger partial charge in [0.25, 0.3) is 0 Å². The highest BCUT2D eigenvalue weighted by atomic mass is 127. The van der Waals surface area contributed by atoms with Gasteiger partial charge in [-0.15, -0.1) is 0 Å². The smallest absolute Gasteiger partial charge is 0.287 e. The number of phosphoric ester groups is 1. The molecule has 0 aliphatic heterocycles. The molecule has 37 heavy (non-hydrogen) atoms. The lowest BCUT2D eigenvalue weighted by Gasteiger charge is -2.35. The molecule has 194 valence electrons. The van der Waals surface area contributed by atoms with E-state index in [1.807, 2.05) is 59.3 Å². The van der Waals surface area contributed by atoms with Crippen LogP contribution in [0.1, 0.15) is 46.7 Å². The number of hydrogen-bond acceptors (Lipinski definition) is 6. The fourth-order valence-electron chi connectivity index (χ4n) is 4.34. The monoisotopic (exact) mass is 631 g/mol. The molecular weight excluding hydrogens is 600 g/mol. The summed E-state index contributed by atoms with van der Waals surface area (Å²) in [6.45, 7) is 4.20. The molecule has 9 heteroatoms. The molecule has 1 unspecified atom stereocenters. The summed E-state index contributed by atoms with van der Waals surface area (Å²) in [5.41, 5.74) is 2.51. The first-order chi connectivity index (χ1) is 18.0. The molecule has 0 radical (unpaired) electrons. The van der Waals surface area contributed by atoms with Gasteiger partial charge in [-0.1, -0.05) is 114 Å². The Balaban J connectivity index is 1.70. The van der Waals surface area contributed by atoms with Gasteiger partial charge in [0.05, 0.1) is 23.7 Å². The van der Waals surface area contributed by atoms with Crippen LogP contribution in [0, 0.1) is 0 Å². The molecule has 0 amide bonds. The summed E-state index contributed by atoms with van der Waals surface area (Å²) in [5, 5.41) is 5.01. The van der Waals surface area contributed by atoms with Crippen molar-refractivity contribution in [3.8, 4) is 0 Å². The van der Waals surface area contributed by atoms with Crippen LogP contribution in [0.3, 0.4) is 0 Å². The number of halogens is 1. The van der Waals surface area contributed by atoms with Gasteiger partial charge in [-0.3, -0.25) is 13.6 Å². The van der Waals surface area contributed by atoms with E-state index in [1.54, 1.807) is 20.2 Å². The van der Waals surface area contributed by atoms with E-state index in [0.29, 0.717) is 12.2 Å². The summed E-state index contributed by atoms with van der Waals surface area (Å²) in [4.78, 5) is 4.70. The van der Waals surface area contributed by atoms with Crippen molar-refractivity contribution in [1.82, 2.24) is 14.8 Å². The normalized spacial score (nSPS) is 12.9. The van der Waals surface area contributed by atoms with Crippen LogP contribution in [0.4, 0.5) is 0 Å². The number of aromatic nitrogens is 3. The predicted molar refractivity (Wildman–Crippen MR) is 153 cm³/mol. The zero-order chi connectivity index (χ0) is 26.1. The van der Waals surface area contributed by atoms with E-state index in [-0.39, 0.29) is 23.7 Å². The van der Waals surface area contributed by atoms with Gasteiger partial charge < -0.3 is 0 Å². The minimum Gasteiger partial charge on any atom is -0.287 e. The first-order valence-electron chi connectivity index (χ1n) is 12.3. The Hall–Kier alpha value is -2.36. The fraction of sp³-hybridized carbons (Fsp3) is 0.286. The van der Waals surface area contributed by atoms with Crippen molar-refractivity contribution in [2.45, 2.75) is 29.7 Å². The summed E-state index contributed by atoms with van der Waals surface area (Å²) in [5.74, 6) is 0.666. The highest BCUT2D eigenvalue weighted by molar-refractivity contribution is 14.1. The van der Waals surface area contributed by atoms with Crippen LogP contribution >= 0.6 is 30.4 Å². The molecule has 7 nitrogen and oxygen atoms in total. The Bertz CT molecular complexity index is 1180. The first-order valence-corrected chi connectivity index (χ1v) is 15.0. The maximum Gasteiger partial charge on any atom is 0.474 e. The van der Waals surface area contributed by atoms with Gasteiger partial charge >= 0.3 is 7.82 Å². The lowest BCUT2D eigenvalue weighted by atomic mass is 9.77. The summed E-state index contributed by atoms with van der Waals surface area (Å²) < 4.78 is 30.5. The van der Waals surface area contributed by atoms with Gasteiger partial charge in [-0.2, -0.15) is 5.10 Å². The largest absolute Gasteiger partial charge is 0.474 e. The number of rotatable bonds is 13. The van der Waals surface area contributed by atoms with Crippen molar-refractivity contribution < 1.29 is 18.1 Å². The average molecular weight is 631 g/mol. The van der Waals surface area contributed by atoms with Crippen molar-refractivity contribution in [3.63, 3.8) is 0 Å². The van der Waals surface area contributed by atoms with Crippen molar-refractivity contribution in [3.05, 3.63) is 120 Å². The Labute approximate surface area is 232 Å². The standard InChI is InChI=1S/C28H31IN3O4P/c1-3-34-37(33,35-4-2)36-21-20-26(29)27-30-22-32(31-27)28(23-14-8-5-9-15-23,24-16-10-6-11-17-24)25-18-12-7-13-19-25/h5-19,22,26H,3-4,20-21H2,1-2H3. The summed E-state index contributed by atoms with van der Waals surface area (Å²) >= 11 is 2.30. The van der Waals surface area contributed by atoms with Crippen LogP contribution in [0.2, 0.25) is 0 Å². The topological polar surface area (TPSA) is 75.5 Å². The molecule has 0 saturated heterocycles. The first kappa shape index (κ1) is 27.7. The number of benzene rings is 3. The molecule has 3 aromatic carbocycles. The second kappa shape index (κ2) is 12.9.